The van der Waals surface area contributed by atoms with Crippen molar-refractivity contribution in [3.8, 4) is 0 Å². The number of nitrogens with zero attached hydrogens (tertiary/aromatic N) is 1. The van der Waals surface area contributed by atoms with Crippen LogP contribution in [0.4, 0.5) is 5.69 Å². The van der Waals surface area contributed by atoms with E-state index in [4.69, 9.17) is 16.3 Å². The van der Waals surface area contributed by atoms with E-state index in [9.17, 15) is 14.4 Å². The van der Waals surface area contributed by atoms with E-state index in [0.717, 1.165) is 17.7 Å². The Hall–Kier alpha value is -1.79. The van der Waals surface area contributed by atoms with Gasteiger partial charge in [0.25, 0.3) is 11.8 Å². The molecule has 3 rings (SSSR count). The van der Waals surface area contributed by atoms with Gasteiger partial charge in [-0.3, -0.25) is 14.4 Å². The maximum absolute atomic E-state index is 12.7. The molecule has 7 heteroatoms. The van der Waals surface area contributed by atoms with Crippen LogP contribution in [0, 0.1) is 0 Å². The molecule has 0 unspecified atom stereocenters. The summed E-state index contributed by atoms with van der Waals surface area (Å²) in [4.78, 5) is 38.8. The third-order valence-electron chi connectivity index (χ3n) is 4.43. The molecule has 0 aromatic heterocycles. The number of ether oxygens (including phenoxy) is 1. The van der Waals surface area contributed by atoms with Crippen molar-refractivity contribution in [2.75, 3.05) is 17.3 Å². The lowest BCUT2D eigenvalue weighted by Crippen LogP contribution is -2.31. The molecule has 1 aromatic rings. The summed E-state index contributed by atoms with van der Waals surface area (Å²) >= 11 is 7.64. The molecule has 138 valence electrons. The van der Waals surface area contributed by atoms with Crippen LogP contribution in [0.5, 0.6) is 0 Å². The number of hydrogen-bond acceptors (Lipinski definition) is 5. The Morgan fingerprint density at radius 1 is 1.19 bits per heavy atom. The van der Waals surface area contributed by atoms with Gasteiger partial charge in [-0.15, -0.1) is 11.8 Å². The number of imide groups is 1. The Morgan fingerprint density at radius 2 is 1.85 bits per heavy atom. The lowest BCUT2D eigenvalue weighted by molar-refractivity contribution is -0.142. The zero-order chi connectivity index (χ0) is 18.7. The van der Waals surface area contributed by atoms with E-state index in [1.807, 2.05) is 0 Å². The molecule has 0 saturated carbocycles. The Labute approximate surface area is 161 Å². The second kappa shape index (κ2) is 8.27. The molecule has 26 heavy (non-hydrogen) atoms. The Kier molecular flexibility index (Phi) is 6.04. The van der Waals surface area contributed by atoms with Gasteiger partial charge >= 0.3 is 5.97 Å². The van der Waals surface area contributed by atoms with Crippen molar-refractivity contribution in [2.45, 2.75) is 43.9 Å². The molecule has 0 radical (unpaired) electrons. The number of amides is 2. The highest BCUT2D eigenvalue weighted by molar-refractivity contribution is 7.99. The van der Waals surface area contributed by atoms with E-state index in [1.165, 1.54) is 16.7 Å². The molecule has 0 N–H and O–H groups in total. The SMILES string of the molecule is CCOC(=O)CCSc1cc(N2C(=O)C3=C(CCCC3)C2=O)ccc1Cl. The van der Waals surface area contributed by atoms with Crippen LogP contribution in [0.2, 0.25) is 5.02 Å². The summed E-state index contributed by atoms with van der Waals surface area (Å²) in [5.41, 5.74) is 1.85. The van der Waals surface area contributed by atoms with Crippen LogP contribution in [-0.2, 0) is 19.1 Å². The second-order valence-electron chi connectivity index (χ2n) is 6.13. The van der Waals surface area contributed by atoms with Gasteiger partial charge in [0.2, 0.25) is 0 Å². The van der Waals surface area contributed by atoms with E-state index in [1.54, 1.807) is 25.1 Å². The molecule has 0 fully saturated rings. The van der Waals surface area contributed by atoms with E-state index >= 15 is 0 Å². The van der Waals surface area contributed by atoms with Crippen LogP contribution in [0.1, 0.15) is 39.0 Å². The maximum Gasteiger partial charge on any atom is 0.306 e. The fourth-order valence-corrected chi connectivity index (χ4v) is 4.37. The first-order valence-electron chi connectivity index (χ1n) is 8.71. The summed E-state index contributed by atoms with van der Waals surface area (Å²) in [6.45, 7) is 2.12. The highest BCUT2D eigenvalue weighted by Gasteiger charge is 2.39. The highest BCUT2D eigenvalue weighted by atomic mass is 35.5. The molecule has 2 amide bonds. The van der Waals surface area contributed by atoms with Gasteiger partial charge < -0.3 is 4.74 Å². The molecule has 1 aliphatic heterocycles. The third kappa shape index (κ3) is 3.81. The molecular weight excluding hydrogens is 374 g/mol. The number of halogens is 1. The van der Waals surface area contributed by atoms with Gasteiger partial charge in [0.1, 0.15) is 0 Å². The number of carbonyl (C=O) groups excluding carboxylic acids is 3. The van der Waals surface area contributed by atoms with Crippen LogP contribution < -0.4 is 4.90 Å². The number of carbonyl (C=O) groups is 3. The largest absolute Gasteiger partial charge is 0.466 e. The summed E-state index contributed by atoms with van der Waals surface area (Å²) in [7, 11) is 0. The highest BCUT2D eigenvalue weighted by Crippen LogP contribution is 2.38. The molecule has 0 spiro atoms. The average molecular weight is 394 g/mol. The summed E-state index contributed by atoms with van der Waals surface area (Å²) in [6, 6.07) is 5.11. The zero-order valence-corrected chi connectivity index (χ0v) is 16.1. The second-order valence-corrected chi connectivity index (χ2v) is 7.67. The van der Waals surface area contributed by atoms with Gasteiger partial charge in [-0.05, 0) is 50.8 Å². The lowest BCUT2D eigenvalue weighted by atomic mass is 9.93. The van der Waals surface area contributed by atoms with Gasteiger partial charge in [0.05, 0.1) is 23.7 Å². The van der Waals surface area contributed by atoms with Crippen molar-refractivity contribution in [3.05, 3.63) is 34.4 Å². The van der Waals surface area contributed by atoms with E-state index < -0.39 is 0 Å². The summed E-state index contributed by atoms with van der Waals surface area (Å²) in [5.74, 6) is -0.170. The van der Waals surface area contributed by atoms with E-state index in [2.05, 4.69) is 0 Å². The van der Waals surface area contributed by atoms with Crippen molar-refractivity contribution >= 4 is 46.8 Å². The predicted molar refractivity (Wildman–Crippen MR) is 101 cm³/mol. The van der Waals surface area contributed by atoms with Crippen LogP contribution in [0.25, 0.3) is 0 Å². The molecular formula is C19H20ClNO4S. The molecule has 0 saturated heterocycles. The van der Waals surface area contributed by atoms with Crippen molar-refractivity contribution < 1.29 is 19.1 Å². The fourth-order valence-electron chi connectivity index (χ4n) is 3.19. The monoisotopic (exact) mass is 393 g/mol. The van der Waals surface area contributed by atoms with Gasteiger partial charge in [-0.2, -0.15) is 0 Å². The average Bonchev–Trinajstić information content (AvgIpc) is 2.88. The van der Waals surface area contributed by atoms with Crippen LogP contribution in [-0.4, -0.2) is 30.1 Å². The van der Waals surface area contributed by atoms with Crippen LogP contribution in [0.3, 0.4) is 0 Å². The fraction of sp³-hybridized carbons (Fsp3) is 0.421. The lowest BCUT2D eigenvalue weighted by Gasteiger charge is -2.16. The number of benzene rings is 1. The van der Waals surface area contributed by atoms with Crippen molar-refractivity contribution in [3.63, 3.8) is 0 Å². The van der Waals surface area contributed by atoms with Gasteiger partial charge in [-0.1, -0.05) is 11.6 Å². The summed E-state index contributed by atoms with van der Waals surface area (Å²) in [6.07, 6.45) is 3.51. The quantitative estimate of drug-likeness (QED) is 0.413. The minimum Gasteiger partial charge on any atom is -0.466 e. The Bertz CT molecular complexity index is 762. The van der Waals surface area contributed by atoms with Gasteiger partial charge in [0, 0.05) is 21.8 Å². The molecule has 0 atom stereocenters. The number of hydrogen-bond donors (Lipinski definition) is 0. The van der Waals surface area contributed by atoms with Crippen molar-refractivity contribution in [1.82, 2.24) is 0 Å². The van der Waals surface area contributed by atoms with Gasteiger partial charge in [-0.25, -0.2) is 4.90 Å². The van der Waals surface area contributed by atoms with E-state index in [-0.39, 0.29) is 24.2 Å². The number of anilines is 1. The Morgan fingerprint density at radius 3 is 2.46 bits per heavy atom. The number of rotatable bonds is 6. The zero-order valence-electron chi connectivity index (χ0n) is 14.5. The van der Waals surface area contributed by atoms with Crippen molar-refractivity contribution in [1.29, 1.82) is 0 Å². The number of thioether (sulfide) groups is 1. The maximum atomic E-state index is 12.7. The minimum absolute atomic E-state index is 0.213. The Balaban J connectivity index is 1.74. The predicted octanol–water partition coefficient (Wildman–Crippen LogP) is 4.13. The van der Waals surface area contributed by atoms with Gasteiger partial charge in [0.15, 0.2) is 0 Å². The topological polar surface area (TPSA) is 63.7 Å². The molecule has 2 aliphatic rings. The summed E-state index contributed by atoms with van der Waals surface area (Å²) < 4.78 is 4.91. The van der Waals surface area contributed by atoms with E-state index in [0.29, 0.717) is 47.1 Å². The standard InChI is InChI=1S/C19H20ClNO4S/c1-2-25-17(22)9-10-26-16-11-12(7-8-15(16)20)21-18(23)13-5-3-4-6-14(13)19(21)24/h7-8,11H,2-6,9-10H2,1H3. The van der Waals surface area contributed by atoms with Crippen LogP contribution in [0.15, 0.2) is 34.2 Å². The normalized spacial score (nSPS) is 16.9. The first kappa shape index (κ1) is 19.0. The smallest absolute Gasteiger partial charge is 0.306 e. The minimum atomic E-state index is -0.256. The first-order valence-corrected chi connectivity index (χ1v) is 10.1. The number of esters is 1. The van der Waals surface area contributed by atoms with Crippen molar-refractivity contribution in [2.24, 2.45) is 0 Å². The molecule has 5 nitrogen and oxygen atoms in total. The third-order valence-corrected chi connectivity index (χ3v) is 5.93. The van der Waals surface area contributed by atoms with Crippen LogP contribution >= 0.6 is 23.4 Å². The molecule has 0 bridgehead atoms. The first-order chi connectivity index (χ1) is 12.5. The summed E-state index contributed by atoms with van der Waals surface area (Å²) in [5, 5.41) is 0.527. The molecule has 1 heterocycles. The molecule has 1 aromatic carbocycles. The molecule has 1 aliphatic carbocycles.